The van der Waals surface area contributed by atoms with E-state index in [1.165, 1.54) is 6.20 Å². The van der Waals surface area contributed by atoms with E-state index in [9.17, 15) is 4.79 Å². The number of aromatic nitrogens is 1. The van der Waals surface area contributed by atoms with Gasteiger partial charge in [0, 0.05) is 6.20 Å². The maximum absolute atomic E-state index is 10.1. The van der Waals surface area contributed by atoms with Crippen molar-refractivity contribution in [2.24, 2.45) is 0 Å². The molecule has 0 bridgehead atoms. The third-order valence-corrected chi connectivity index (χ3v) is 1.19. The van der Waals surface area contributed by atoms with Gasteiger partial charge in [0.2, 0.25) is 0 Å². The summed E-state index contributed by atoms with van der Waals surface area (Å²) in [5, 5.41) is 8.24. The van der Waals surface area contributed by atoms with Gasteiger partial charge in [-0.1, -0.05) is 0 Å². The molecule has 0 spiro atoms. The minimum absolute atomic E-state index is 0.278. The molecule has 1 heterocycles. The maximum atomic E-state index is 10.1. The number of carbonyl (C=O) groups is 1. The zero-order valence-corrected chi connectivity index (χ0v) is 5.94. The molecule has 0 saturated heterocycles. The van der Waals surface area contributed by atoms with Crippen LogP contribution in [0, 0.1) is 6.92 Å². The largest absolute Gasteiger partial charge is 0.511 e. The fourth-order valence-electron chi connectivity index (χ4n) is 0.650. The Morgan fingerprint density at radius 3 is 3.00 bits per heavy atom. The summed E-state index contributed by atoms with van der Waals surface area (Å²) in [6, 6.07) is 1.68. The quantitative estimate of drug-likeness (QED) is 0.620. The van der Waals surface area contributed by atoms with Gasteiger partial charge >= 0.3 is 6.16 Å². The molecule has 0 amide bonds. The fourth-order valence-corrected chi connectivity index (χ4v) is 0.650. The van der Waals surface area contributed by atoms with E-state index in [-0.39, 0.29) is 5.75 Å². The molecule has 1 aromatic heterocycles. The van der Waals surface area contributed by atoms with Crippen molar-refractivity contribution < 1.29 is 14.6 Å². The summed E-state index contributed by atoms with van der Waals surface area (Å²) < 4.78 is 4.40. The molecule has 11 heavy (non-hydrogen) atoms. The number of carboxylic acid groups (broad SMARTS) is 1. The first-order valence-electron chi connectivity index (χ1n) is 3.01. The average molecular weight is 153 g/mol. The van der Waals surface area contributed by atoms with Crippen LogP contribution in [0.1, 0.15) is 5.56 Å². The molecule has 0 atom stereocenters. The molecule has 1 N–H and O–H groups in total. The van der Waals surface area contributed by atoms with Crippen molar-refractivity contribution in [3.8, 4) is 5.75 Å². The standard InChI is InChI=1S/C7H7NO3/c1-5-2-3-8-4-6(5)11-7(9)10/h2-4H,1H3,(H,9,10). The van der Waals surface area contributed by atoms with E-state index in [1.807, 2.05) is 0 Å². The number of hydrogen-bond donors (Lipinski definition) is 1. The summed E-state index contributed by atoms with van der Waals surface area (Å²) in [5.41, 5.74) is 0.752. The fraction of sp³-hybridized carbons (Fsp3) is 0.143. The predicted molar refractivity (Wildman–Crippen MR) is 37.6 cm³/mol. The van der Waals surface area contributed by atoms with Gasteiger partial charge < -0.3 is 9.84 Å². The normalized spacial score (nSPS) is 9.18. The second-order valence-electron chi connectivity index (χ2n) is 2.01. The molecule has 1 aromatic rings. The van der Waals surface area contributed by atoms with Crippen LogP contribution in [0.2, 0.25) is 0 Å². The SMILES string of the molecule is Cc1ccncc1OC(=O)O. The van der Waals surface area contributed by atoms with Gasteiger partial charge in [0.25, 0.3) is 0 Å². The lowest BCUT2D eigenvalue weighted by molar-refractivity contribution is 0.144. The van der Waals surface area contributed by atoms with Crippen LogP contribution in [0.25, 0.3) is 0 Å². The Morgan fingerprint density at radius 2 is 2.45 bits per heavy atom. The Kier molecular flexibility index (Phi) is 2.06. The molecule has 0 fully saturated rings. The summed E-state index contributed by atoms with van der Waals surface area (Å²) in [6.45, 7) is 1.75. The van der Waals surface area contributed by atoms with Gasteiger partial charge in [0.15, 0.2) is 5.75 Å². The van der Waals surface area contributed by atoms with Gasteiger partial charge in [-0.2, -0.15) is 0 Å². The Morgan fingerprint density at radius 1 is 1.73 bits per heavy atom. The summed E-state index contributed by atoms with van der Waals surface area (Å²) in [5.74, 6) is 0.278. The number of rotatable bonds is 1. The molecule has 1 rings (SSSR count). The van der Waals surface area contributed by atoms with E-state index in [0.29, 0.717) is 0 Å². The maximum Gasteiger partial charge on any atom is 0.511 e. The van der Waals surface area contributed by atoms with Crippen LogP contribution < -0.4 is 4.74 Å². The molecular weight excluding hydrogens is 146 g/mol. The molecule has 0 unspecified atom stereocenters. The first-order valence-corrected chi connectivity index (χ1v) is 3.01. The summed E-state index contributed by atoms with van der Waals surface area (Å²) >= 11 is 0. The molecule has 0 aliphatic rings. The number of aryl methyl sites for hydroxylation is 1. The first kappa shape index (κ1) is 7.53. The zero-order chi connectivity index (χ0) is 8.27. The van der Waals surface area contributed by atoms with Crippen molar-refractivity contribution in [2.45, 2.75) is 6.92 Å². The molecule has 0 radical (unpaired) electrons. The number of pyridine rings is 1. The van der Waals surface area contributed by atoms with Crippen LogP contribution >= 0.6 is 0 Å². The molecule has 58 valence electrons. The van der Waals surface area contributed by atoms with E-state index >= 15 is 0 Å². The highest BCUT2D eigenvalue weighted by Crippen LogP contribution is 2.13. The minimum Gasteiger partial charge on any atom is -0.449 e. The van der Waals surface area contributed by atoms with Crippen molar-refractivity contribution in [3.05, 3.63) is 24.0 Å². The Balaban J connectivity index is 2.86. The van der Waals surface area contributed by atoms with Gasteiger partial charge in [0.05, 0.1) is 6.20 Å². The second-order valence-corrected chi connectivity index (χ2v) is 2.01. The van der Waals surface area contributed by atoms with Gasteiger partial charge in [-0.05, 0) is 18.6 Å². The zero-order valence-electron chi connectivity index (χ0n) is 5.94. The highest BCUT2D eigenvalue weighted by Gasteiger charge is 2.02. The lowest BCUT2D eigenvalue weighted by atomic mass is 10.3. The molecule has 4 heteroatoms. The molecule has 4 nitrogen and oxygen atoms in total. The van der Waals surface area contributed by atoms with Crippen LogP contribution in [0.3, 0.4) is 0 Å². The van der Waals surface area contributed by atoms with Crippen LogP contribution in [0.5, 0.6) is 5.75 Å². The molecule has 0 saturated carbocycles. The smallest absolute Gasteiger partial charge is 0.449 e. The highest BCUT2D eigenvalue weighted by molar-refractivity contribution is 5.61. The summed E-state index contributed by atoms with van der Waals surface area (Å²) in [6.07, 6.45) is 1.62. The second kappa shape index (κ2) is 3.01. The third kappa shape index (κ3) is 1.93. The van der Waals surface area contributed by atoms with Crippen molar-refractivity contribution in [1.82, 2.24) is 4.98 Å². The lowest BCUT2D eigenvalue weighted by Crippen LogP contribution is -2.04. The van der Waals surface area contributed by atoms with Gasteiger partial charge in [-0.15, -0.1) is 0 Å². The molecule has 0 aliphatic carbocycles. The first-order chi connectivity index (χ1) is 5.20. The minimum atomic E-state index is -1.32. The van der Waals surface area contributed by atoms with Gasteiger partial charge in [-0.25, -0.2) is 4.79 Å². The molecule has 0 aliphatic heterocycles. The lowest BCUT2D eigenvalue weighted by Gasteiger charge is -2.00. The average Bonchev–Trinajstić information content (AvgIpc) is 1.93. The van der Waals surface area contributed by atoms with Crippen molar-refractivity contribution in [2.75, 3.05) is 0 Å². The third-order valence-electron chi connectivity index (χ3n) is 1.19. The van der Waals surface area contributed by atoms with Crippen molar-refractivity contribution >= 4 is 6.16 Å². The Hall–Kier alpha value is -1.58. The number of hydrogen-bond acceptors (Lipinski definition) is 3. The van der Waals surface area contributed by atoms with Crippen LogP contribution in [-0.2, 0) is 0 Å². The van der Waals surface area contributed by atoms with Gasteiger partial charge in [-0.3, -0.25) is 4.98 Å². The van der Waals surface area contributed by atoms with Crippen LogP contribution in [0.4, 0.5) is 4.79 Å². The van der Waals surface area contributed by atoms with E-state index in [2.05, 4.69) is 9.72 Å². The predicted octanol–water partition coefficient (Wildman–Crippen LogP) is 1.45. The van der Waals surface area contributed by atoms with Crippen LogP contribution in [0.15, 0.2) is 18.5 Å². The van der Waals surface area contributed by atoms with E-state index in [0.717, 1.165) is 5.56 Å². The monoisotopic (exact) mass is 153 g/mol. The molecular formula is C7H7NO3. The Bertz CT molecular complexity index is 272. The summed E-state index contributed by atoms with van der Waals surface area (Å²) in [4.78, 5) is 13.8. The van der Waals surface area contributed by atoms with Crippen molar-refractivity contribution in [1.29, 1.82) is 0 Å². The highest BCUT2D eigenvalue weighted by atomic mass is 16.7. The van der Waals surface area contributed by atoms with E-state index in [4.69, 9.17) is 5.11 Å². The van der Waals surface area contributed by atoms with Crippen molar-refractivity contribution in [3.63, 3.8) is 0 Å². The van der Waals surface area contributed by atoms with E-state index < -0.39 is 6.16 Å². The topological polar surface area (TPSA) is 59.4 Å². The molecule has 0 aromatic carbocycles. The van der Waals surface area contributed by atoms with Gasteiger partial charge in [0.1, 0.15) is 0 Å². The van der Waals surface area contributed by atoms with E-state index in [1.54, 1.807) is 19.2 Å². The number of nitrogens with zero attached hydrogens (tertiary/aromatic N) is 1. The summed E-state index contributed by atoms with van der Waals surface area (Å²) in [7, 11) is 0. The number of ether oxygens (including phenoxy) is 1. The van der Waals surface area contributed by atoms with Crippen LogP contribution in [-0.4, -0.2) is 16.2 Å². The Labute approximate surface area is 63.5 Å².